The van der Waals surface area contributed by atoms with Crippen molar-refractivity contribution >= 4 is 23.5 Å². The summed E-state index contributed by atoms with van der Waals surface area (Å²) in [6.07, 6.45) is 0.186. The van der Waals surface area contributed by atoms with Crippen molar-refractivity contribution in [2.75, 3.05) is 19.7 Å². The molecule has 1 aromatic heterocycles. The Bertz CT molecular complexity index is 797. The van der Waals surface area contributed by atoms with Gasteiger partial charge in [-0.15, -0.1) is 5.10 Å². The van der Waals surface area contributed by atoms with Gasteiger partial charge in [-0.1, -0.05) is 22.9 Å². The average Bonchev–Trinajstić information content (AvgIpc) is 3.06. The lowest BCUT2D eigenvalue weighted by Crippen LogP contribution is -2.48. The third-order valence-electron chi connectivity index (χ3n) is 3.52. The van der Waals surface area contributed by atoms with Crippen molar-refractivity contribution in [2.24, 2.45) is 0 Å². The van der Waals surface area contributed by atoms with E-state index in [0.717, 1.165) is 4.68 Å². The first kappa shape index (κ1) is 16.3. The number of benzene rings is 1. The minimum atomic E-state index is -1.14. The van der Waals surface area contributed by atoms with Gasteiger partial charge in [0.25, 0.3) is 5.91 Å². The molecule has 1 aliphatic heterocycles. The SMILES string of the molecule is O=C(O)C1CN(C(=O)c2cn(-c3cccc(Cl)c3F)nn2)CCO1. The van der Waals surface area contributed by atoms with Crippen LogP contribution in [-0.4, -0.2) is 62.7 Å². The number of hydrogen-bond acceptors (Lipinski definition) is 5. The van der Waals surface area contributed by atoms with E-state index < -0.39 is 23.8 Å². The first-order chi connectivity index (χ1) is 11.5. The predicted molar refractivity (Wildman–Crippen MR) is 79.6 cm³/mol. The molecular weight excluding hydrogens is 343 g/mol. The van der Waals surface area contributed by atoms with E-state index in [4.69, 9.17) is 21.4 Å². The van der Waals surface area contributed by atoms with E-state index in [-0.39, 0.29) is 36.1 Å². The number of aliphatic carboxylic acids is 1. The Morgan fingerprint density at radius 2 is 2.21 bits per heavy atom. The van der Waals surface area contributed by atoms with Crippen LogP contribution < -0.4 is 0 Å². The second-order valence-electron chi connectivity index (χ2n) is 5.07. The highest BCUT2D eigenvalue weighted by atomic mass is 35.5. The monoisotopic (exact) mass is 354 g/mol. The van der Waals surface area contributed by atoms with Gasteiger partial charge in [0, 0.05) is 6.54 Å². The highest BCUT2D eigenvalue weighted by Gasteiger charge is 2.30. The minimum absolute atomic E-state index is 0.0274. The summed E-state index contributed by atoms with van der Waals surface area (Å²) in [5, 5.41) is 16.4. The molecule has 0 aliphatic carbocycles. The van der Waals surface area contributed by atoms with Gasteiger partial charge in [0.15, 0.2) is 17.6 Å². The fraction of sp³-hybridized carbons (Fsp3) is 0.286. The molecule has 0 spiro atoms. The topological polar surface area (TPSA) is 97.6 Å². The number of halogens is 2. The first-order valence-corrected chi connectivity index (χ1v) is 7.35. The number of morpholine rings is 1. The molecule has 0 bridgehead atoms. The highest BCUT2D eigenvalue weighted by Crippen LogP contribution is 2.21. The van der Waals surface area contributed by atoms with Crippen LogP contribution in [0.25, 0.3) is 5.69 Å². The van der Waals surface area contributed by atoms with E-state index in [1.807, 2.05) is 0 Å². The molecule has 1 N–H and O–H groups in total. The number of hydrogen-bond donors (Lipinski definition) is 1. The van der Waals surface area contributed by atoms with Crippen molar-refractivity contribution in [3.8, 4) is 5.69 Å². The van der Waals surface area contributed by atoms with Crippen LogP contribution in [-0.2, 0) is 9.53 Å². The van der Waals surface area contributed by atoms with Crippen molar-refractivity contribution in [1.29, 1.82) is 0 Å². The molecule has 126 valence electrons. The number of carboxylic acids is 1. The number of carbonyl (C=O) groups is 2. The molecule has 2 aromatic rings. The van der Waals surface area contributed by atoms with E-state index in [0.29, 0.717) is 0 Å². The third kappa shape index (κ3) is 3.08. The van der Waals surface area contributed by atoms with Gasteiger partial charge in [-0.25, -0.2) is 13.9 Å². The van der Waals surface area contributed by atoms with Gasteiger partial charge in [0.1, 0.15) is 5.69 Å². The summed E-state index contributed by atoms with van der Waals surface area (Å²) in [5.74, 6) is -2.32. The standard InChI is InChI=1S/C14H12ClFN4O4/c15-8-2-1-3-10(12(8)16)20-6-9(17-18-20)13(21)19-4-5-24-11(7-19)14(22)23/h1-3,6,11H,4-5,7H2,(H,22,23). The fourth-order valence-corrected chi connectivity index (χ4v) is 2.46. The lowest BCUT2D eigenvalue weighted by atomic mass is 10.2. The average molecular weight is 355 g/mol. The number of rotatable bonds is 3. The molecule has 1 aliphatic rings. The van der Waals surface area contributed by atoms with E-state index in [9.17, 15) is 14.0 Å². The zero-order valence-electron chi connectivity index (χ0n) is 12.2. The summed E-state index contributed by atoms with van der Waals surface area (Å²) in [7, 11) is 0. The van der Waals surface area contributed by atoms with Crippen molar-refractivity contribution in [2.45, 2.75) is 6.10 Å². The van der Waals surface area contributed by atoms with Gasteiger partial charge in [0.05, 0.1) is 24.4 Å². The second-order valence-corrected chi connectivity index (χ2v) is 5.48. The van der Waals surface area contributed by atoms with Crippen molar-refractivity contribution < 1.29 is 23.8 Å². The summed E-state index contributed by atoms with van der Waals surface area (Å²) in [6.45, 7) is 0.257. The van der Waals surface area contributed by atoms with Gasteiger partial charge < -0.3 is 14.7 Å². The Morgan fingerprint density at radius 1 is 1.42 bits per heavy atom. The molecule has 8 nitrogen and oxygen atoms in total. The van der Waals surface area contributed by atoms with Crippen molar-refractivity contribution in [3.63, 3.8) is 0 Å². The molecule has 1 fully saturated rings. The van der Waals surface area contributed by atoms with Gasteiger partial charge in [-0.05, 0) is 12.1 Å². The van der Waals surface area contributed by atoms with Crippen LogP contribution in [0.3, 0.4) is 0 Å². The van der Waals surface area contributed by atoms with E-state index in [1.165, 1.54) is 23.2 Å². The Kier molecular flexibility index (Phi) is 4.45. The molecule has 3 rings (SSSR count). The second kappa shape index (κ2) is 6.54. The zero-order valence-corrected chi connectivity index (χ0v) is 13.0. The number of carboxylic acid groups (broad SMARTS) is 1. The largest absolute Gasteiger partial charge is 0.479 e. The lowest BCUT2D eigenvalue weighted by Gasteiger charge is -2.30. The van der Waals surface area contributed by atoms with Crippen LogP contribution >= 0.6 is 11.6 Å². The molecule has 1 saturated heterocycles. The number of nitrogens with zero attached hydrogens (tertiary/aromatic N) is 4. The van der Waals surface area contributed by atoms with Crippen LogP contribution in [0.5, 0.6) is 0 Å². The number of aromatic nitrogens is 3. The first-order valence-electron chi connectivity index (χ1n) is 6.98. The summed E-state index contributed by atoms with van der Waals surface area (Å²) >= 11 is 5.72. The Hall–Kier alpha value is -2.52. The van der Waals surface area contributed by atoms with Crippen LogP contribution in [0, 0.1) is 5.82 Å². The molecule has 2 heterocycles. The normalized spacial score (nSPS) is 17.8. The van der Waals surface area contributed by atoms with Crippen LogP contribution in [0.15, 0.2) is 24.4 Å². The van der Waals surface area contributed by atoms with Crippen molar-refractivity contribution in [3.05, 3.63) is 40.9 Å². The lowest BCUT2D eigenvalue weighted by molar-refractivity contribution is -0.154. The Balaban J connectivity index is 1.81. The molecular formula is C14H12ClFN4O4. The maximum absolute atomic E-state index is 14.0. The van der Waals surface area contributed by atoms with Gasteiger partial charge >= 0.3 is 5.97 Å². The van der Waals surface area contributed by atoms with E-state index in [2.05, 4.69) is 10.3 Å². The zero-order chi connectivity index (χ0) is 17.3. The Labute approximate surface area is 140 Å². The quantitative estimate of drug-likeness (QED) is 0.882. The number of ether oxygens (including phenoxy) is 1. The molecule has 1 atom stereocenters. The van der Waals surface area contributed by atoms with Crippen LogP contribution in [0.4, 0.5) is 4.39 Å². The van der Waals surface area contributed by atoms with Gasteiger partial charge in [-0.3, -0.25) is 4.79 Å². The predicted octanol–water partition coefficient (Wildman–Crippen LogP) is 0.985. The molecule has 24 heavy (non-hydrogen) atoms. The maximum Gasteiger partial charge on any atom is 0.334 e. The maximum atomic E-state index is 14.0. The summed E-state index contributed by atoms with van der Waals surface area (Å²) in [6, 6.07) is 4.38. The van der Waals surface area contributed by atoms with Crippen LogP contribution in [0.1, 0.15) is 10.5 Å². The molecule has 0 saturated carbocycles. The number of carbonyl (C=O) groups excluding carboxylic acids is 1. The summed E-state index contributed by atoms with van der Waals surface area (Å²) in [5.41, 5.74) is 0.0276. The van der Waals surface area contributed by atoms with E-state index >= 15 is 0 Å². The highest BCUT2D eigenvalue weighted by molar-refractivity contribution is 6.30. The third-order valence-corrected chi connectivity index (χ3v) is 3.81. The van der Waals surface area contributed by atoms with Crippen LogP contribution in [0.2, 0.25) is 5.02 Å². The van der Waals surface area contributed by atoms with E-state index in [1.54, 1.807) is 6.07 Å². The Morgan fingerprint density at radius 3 is 2.96 bits per heavy atom. The molecule has 1 aromatic carbocycles. The van der Waals surface area contributed by atoms with Crippen molar-refractivity contribution in [1.82, 2.24) is 19.9 Å². The van der Waals surface area contributed by atoms with Gasteiger partial charge in [-0.2, -0.15) is 0 Å². The number of amides is 1. The minimum Gasteiger partial charge on any atom is -0.479 e. The fourth-order valence-electron chi connectivity index (χ4n) is 2.29. The van der Waals surface area contributed by atoms with Gasteiger partial charge in [0.2, 0.25) is 0 Å². The summed E-state index contributed by atoms with van der Waals surface area (Å²) in [4.78, 5) is 24.7. The molecule has 0 radical (unpaired) electrons. The molecule has 10 heteroatoms. The molecule has 1 unspecified atom stereocenters. The molecule has 1 amide bonds. The summed E-state index contributed by atoms with van der Waals surface area (Å²) < 4.78 is 20.2. The smallest absolute Gasteiger partial charge is 0.334 e.